The zero-order valence-corrected chi connectivity index (χ0v) is 11.9. The SMILES string of the molecule is CCC(=O)N1CSCC1C(=O)NCC1CNCC1O. The summed E-state index contributed by atoms with van der Waals surface area (Å²) < 4.78 is 0. The Labute approximate surface area is 117 Å². The minimum absolute atomic E-state index is 0.0210. The highest BCUT2D eigenvalue weighted by molar-refractivity contribution is 7.99. The van der Waals surface area contributed by atoms with Crippen LogP contribution < -0.4 is 10.6 Å². The van der Waals surface area contributed by atoms with Gasteiger partial charge in [0.15, 0.2) is 0 Å². The Balaban J connectivity index is 1.83. The zero-order valence-electron chi connectivity index (χ0n) is 11.1. The Morgan fingerprint density at radius 1 is 1.47 bits per heavy atom. The van der Waals surface area contributed by atoms with Crippen molar-refractivity contribution in [3.05, 3.63) is 0 Å². The second kappa shape index (κ2) is 6.58. The molecule has 2 saturated heterocycles. The van der Waals surface area contributed by atoms with E-state index in [0.717, 1.165) is 6.54 Å². The Morgan fingerprint density at radius 3 is 2.89 bits per heavy atom. The lowest BCUT2D eigenvalue weighted by Gasteiger charge is -2.23. The topological polar surface area (TPSA) is 81.7 Å². The van der Waals surface area contributed by atoms with Crippen molar-refractivity contribution in [1.29, 1.82) is 0 Å². The molecule has 2 amide bonds. The molecule has 0 aliphatic carbocycles. The molecule has 3 N–H and O–H groups in total. The number of aliphatic hydroxyl groups excluding tert-OH is 1. The van der Waals surface area contributed by atoms with Gasteiger partial charge in [-0.3, -0.25) is 9.59 Å². The monoisotopic (exact) mass is 287 g/mol. The molecule has 108 valence electrons. The van der Waals surface area contributed by atoms with E-state index in [-0.39, 0.29) is 23.8 Å². The number of thioether (sulfide) groups is 1. The molecule has 0 aromatic carbocycles. The molecule has 2 heterocycles. The summed E-state index contributed by atoms with van der Waals surface area (Å²) in [5.41, 5.74) is 0. The van der Waals surface area contributed by atoms with Gasteiger partial charge in [-0.25, -0.2) is 0 Å². The Bertz CT molecular complexity index is 353. The molecule has 0 bridgehead atoms. The summed E-state index contributed by atoms with van der Waals surface area (Å²) >= 11 is 1.60. The number of nitrogens with one attached hydrogen (secondary N) is 2. The van der Waals surface area contributed by atoms with Gasteiger partial charge < -0.3 is 20.6 Å². The highest BCUT2D eigenvalue weighted by Crippen LogP contribution is 2.21. The van der Waals surface area contributed by atoms with E-state index in [1.165, 1.54) is 0 Å². The summed E-state index contributed by atoms with van der Waals surface area (Å²) in [6.45, 7) is 3.57. The third-order valence-corrected chi connectivity index (χ3v) is 4.66. The summed E-state index contributed by atoms with van der Waals surface area (Å²) in [7, 11) is 0. The Hall–Kier alpha value is -0.790. The molecular weight excluding hydrogens is 266 g/mol. The van der Waals surface area contributed by atoms with Crippen molar-refractivity contribution in [3.63, 3.8) is 0 Å². The molecule has 0 saturated carbocycles. The highest BCUT2D eigenvalue weighted by atomic mass is 32.2. The minimum Gasteiger partial charge on any atom is -0.391 e. The molecule has 0 radical (unpaired) electrons. The van der Waals surface area contributed by atoms with Gasteiger partial charge in [-0.15, -0.1) is 11.8 Å². The van der Waals surface area contributed by atoms with Gasteiger partial charge >= 0.3 is 0 Å². The number of carbonyl (C=O) groups excluding carboxylic acids is 2. The molecule has 19 heavy (non-hydrogen) atoms. The fourth-order valence-electron chi connectivity index (χ4n) is 2.39. The lowest BCUT2D eigenvalue weighted by atomic mass is 10.1. The van der Waals surface area contributed by atoms with E-state index < -0.39 is 6.10 Å². The van der Waals surface area contributed by atoms with Crippen LogP contribution >= 0.6 is 11.8 Å². The van der Waals surface area contributed by atoms with Gasteiger partial charge in [-0.05, 0) is 0 Å². The third kappa shape index (κ3) is 3.40. The minimum atomic E-state index is -0.397. The molecule has 3 unspecified atom stereocenters. The van der Waals surface area contributed by atoms with Crippen molar-refractivity contribution in [3.8, 4) is 0 Å². The van der Waals surface area contributed by atoms with Crippen LogP contribution in [0.5, 0.6) is 0 Å². The fourth-order valence-corrected chi connectivity index (χ4v) is 3.57. The number of nitrogens with zero attached hydrogens (tertiary/aromatic N) is 1. The first-order valence-corrected chi connectivity index (χ1v) is 7.82. The zero-order chi connectivity index (χ0) is 13.8. The van der Waals surface area contributed by atoms with Gasteiger partial charge in [0.1, 0.15) is 6.04 Å². The second-order valence-electron chi connectivity index (χ2n) is 4.96. The number of amides is 2. The molecule has 2 aliphatic rings. The predicted octanol–water partition coefficient (Wildman–Crippen LogP) is -1.01. The molecule has 6 nitrogen and oxygen atoms in total. The van der Waals surface area contributed by atoms with E-state index in [2.05, 4.69) is 10.6 Å². The first-order valence-electron chi connectivity index (χ1n) is 6.67. The van der Waals surface area contributed by atoms with Crippen LogP contribution in [-0.2, 0) is 9.59 Å². The van der Waals surface area contributed by atoms with E-state index in [1.807, 2.05) is 0 Å². The summed E-state index contributed by atoms with van der Waals surface area (Å²) in [4.78, 5) is 25.5. The van der Waals surface area contributed by atoms with Gasteiger partial charge in [0.05, 0.1) is 12.0 Å². The van der Waals surface area contributed by atoms with Crippen LogP contribution in [-0.4, -0.2) is 65.2 Å². The van der Waals surface area contributed by atoms with Crippen molar-refractivity contribution in [2.45, 2.75) is 25.5 Å². The van der Waals surface area contributed by atoms with Gasteiger partial charge in [0.2, 0.25) is 11.8 Å². The van der Waals surface area contributed by atoms with Gasteiger partial charge in [0, 0.05) is 37.7 Å². The number of rotatable bonds is 4. The molecule has 7 heteroatoms. The predicted molar refractivity (Wildman–Crippen MR) is 73.6 cm³/mol. The number of β-amino-alcohol motifs (C(OH)–C–C–N with tert-alkyl or cyclic N) is 1. The van der Waals surface area contributed by atoms with E-state index in [4.69, 9.17) is 0 Å². The van der Waals surface area contributed by atoms with Crippen LogP contribution in [0.3, 0.4) is 0 Å². The van der Waals surface area contributed by atoms with Crippen LogP contribution in [0.25, 0.3) is 0 Å². The molecule has 3 atom stereocenters. The van der Waals surface area contributed by atoms with E-state index in [1.54, 1.807) is 23.6 Å². The fraction of sp³-hybridized carbons (Fsp3) is 0.833. The number of hydrogen-bond acceptors (Lipinski definition) is 5. The van der Waals surface area contributed by atoms with Crippen LogP contribution in [0.1, 0.15) is 13.3 Å². The van der Waals surface area contributed by atoms with Crippen LogP contribution in [0.15, 0.2) is 0 Å². The summed E-state index contributed by atoms with van der Waals surface area (Å²) in [5.74, 6) is 1.23. The summed E-state index contributed by atoms with van der Waals surface area (Å²) in [6, 6.07) is -0.357. The maximum Gasteiger partial charge on any atom is 0.243 e. The van der Waals surface area contributed by atoms with Crippen LogP contribution in [0, 0.1) is 5.92 Å². The molecule has 0 aromatic heterocycles. The van der Waals surface area contributed by atoms with Crippen molar-refractivity contribution in [2.75, 3.05) is 31.3 Å². The third-order valence-electron chi connectivity index (χ3n) is 3.65. The first kappa shape index (κ1) is 14.6. The molecular formula is C12H21N3O3S. The smallest absolute Gasteiger partial charge is 0.243 e. The summed E-state index contributed by atoms with van der Waals surface area (Å²) in [5, 5.41) is 15.6. The van der Waals surface area contributed by atoms with Gasteiger partial charge in [-0.2, -0.15) is 0 Å². The lowest BCUT2D eigenvalue weighted by molar-refractivity contribution is -0.137. The molecule has 0 spiro atoms. The molecule has 2 aliphatic heterocycles. The molecule has 2 fully saturated rings. The largest absolute Gasteiger partial charge is 0.391 e. The van der Waals surface area contributed by atoms with Crippen molar-refractivity contribution in [2.24, 2.45) is 5.92 Å². The lowest BCUT2D eigenvalue weighted by Crippen LogP contribution is -2.48. The van der Waals surface area contributed by atoms with Crippen molar-refractivity contribution in [1.82, 2.24) is 15.5 Å². The normalized spacial score (nSPS) is 30.6. The maximum atomic E-state index is 12.1. The van der Waals surface area contributed by atoms with Crippen molar-refractivity contribution >= 4 is 23.6 Å². The number of carbonyl (C=O) groups is 2. The highest BCUT2D eigenvalue weighted by Gasteiger charge is 2.34. The maximum absolute atomic E-state index is 12.1. The van der Waals surface area contributed by atoms with E-state index >= 15 is 0 Å². The van der Waals surface area contributed by atoms with Gasteiger partial charge in [-0.1, -0.05) is 6.92 Å². The Kier molecular flexibility index (Phi) is 5.06. The van der Waals surface area contributed by atoms with Gasteiger partial charge in [0.25, 0.3) is 0 Å². The average molecular weight is 287 g/mol. The van der Waals surface area contributed by atoms with E-state index in [9.17, 15) is 14.7 Å². The number of hydrogen-bond donors (Lipinski definition) is 3. The standard InChI is InChI=1S/C12H21N3O3S/c1-2-11(17)15-7-19-6-9(15)12(18)14-4-8-3-13-5-10(8)16/h8-10,13,16H,2-7H2,1H3,(H,14,18). The van der Waals surface area contributed by atoms with Crippen LogP contribution in [0.4, 0.5) is 0 Å². The summed E-state index contributed by atoms with van der Waals surface area (Å²) in [6.07, 6.45) is 0.0296. The van der Waals surface area contributed by atoms with E-state index in [0.29, 0.717) is 31.1 Å². The molecule has 0 aromatic rings. The number of aliphatic hydroxyl groups is 1. The van der Waals surface area contributed by atoms with Crippen molar-refractivity contribution < 1.29 is 14.7 Å². The average Bonchev–Trinajstić information content (AvgIpc) is 3.04. The Morgan fingerprint density at radius 2 is 2.26 bits per heavy atom. The molecule has 2 rings (SSSR count). The quantitative estimate of drug-likeness (QED) is 0.617. The first-order chi connectivity index (χ1) is 9.13. The second-order valence-corrected chi connectivity index (χ2v) is 5.96. The van der Waals surface area contributed by atoms with Crippen LogP contribution in [0.2, 0.25) is 0 Å².